The molecule has 0 bridgehead atoms. The van der Waals surface area contributed by atoms with Crippen molar-refractivity contribution in [3.63, 3.8) is 0 Å². The topological polar surface area (TPSA) is 45.2 Å². The Hall–Kier alpha value is -1.72. The van der Waals surface area contributed by atoms with E-state index in [9.17, 15) is 4.79 Å². The number of carbonyl (C=O) groups is 1. The molecule has 0 unspecified atom stereocenters. The highest BCUT2D eigenvalue weighted by Gasteiger charge is 2.07. The lowest BCUT2D eigenvalue weighted by Crippen LogP contribution is -2.31. The molecule has 5 heteroatoms. The van der Waals surface area contributed by atoms with E-state index in [2.05, 4.69) is 10.3 Å². The van der Waals surface area contributed by atoms with Gasteiger partial charge in [-0.1, -0.05) is 0 Å². The summed E-state index contributed by atoms with van der Waals surface area (Å²) in [6.45, 7) is 1.47. The van der Waals surface area contributed by atoms with Crippen LogP contribution in [-0.2, 0) is 0 Å². The maximum atomic E-state index is 12.0. The average molecular weight is 275 g/mol. The second-order valence-corrected chi connectivity index (χ2v) is 5.28. The third kappa shape index (κ3) is 3.87. The lowest BCUT2D eigenvalue weighted by molar-refractivity contribution is 0.0951. The summed E-state index contributed by atoms with van der Waals surface area (Å²) in [6, 6.07) is 5.56. The first-order valence-electron chi connectivity index (χ1n) is 6.08. The molecule has 0 radical (unpaired) electrons. The van der Waals surface area contributed by atoms with Crippen molar-refractivity contribution in [2.45, 2.75) is 0 Å². The fourth-order valence-electron chi connectivity index (χ4n) is 1.63. The minimum atomic E-state index is -0.0549. The largest absolute Gasteiger partial charge is 0.351 e. The molecule has 0 aliphatic rings. The summed E-state index contributed by atoms with van der Waals surface area (Å²) in [7, 11) is 3.96. The van der Waals surface area contributed by atoms with Gasteiger partial charge in [0.05, 0.1) is 5.69 Å². The zero-order chi connectivity index (χ0) is 13.7. The smallest absolute Gasteiger partial charge is 0.251 e. The summed E-state index contributed by atoms with van der Waals surface area (Å²) in [4.78, 5) is 18.3. The molecule has 0 aliphatic carbocycles. The highest BCUT2D eigenvalue weighted by molar-refractivity contribution is 7.08. The molecule has 2 aromatic rings. The van der Waals surface area contributed by atoms with Crippen LogP contribution >= 0.6 is 11.3 Å². The monoisotopic (exact) mass is 275 g/mol. The predicted octanol–water partition coefficient (Wildman–Crippen LogP) is 2.10. The molecule has 0 spiro atoms. The van der Waals surface area contributed by atoms with Gasteiger partial charge in [-0.05, 0) is 37.7 Å². The molecule has 0 saturated heterocycles. The minimum Gasteiger partial charge on any atom is -0.351 e. The normalized spacial score (nSPS) is 10.7. The lowest BCUT2D eigenvalue weighted by atomic mass is 10.1. The number of nitrogens with zero attached hydrogens (tertiary/aromatic N) is 2. The number of rotatable bonds is 5. The maximum absolute atomic E-state index is 12.0. The van der Waals surface area contributed by atoms with Gasteiger partial charge in [0.15, 0.2) is 0 Å². The second kappa shape index (κ2) is 6.45. The first kappa shape index (κ1) is 13.7. The molecular weight excluding hydrogens is 258 g/mol. The van der Waals surface area contributed by atoms with Crippen LogP contribution in [0, 0.1) is 0 Å². The summed E-state index contributed by atoms with van der Waals surface area (Å²) in [6.07, 6.45) is 1.67. The van der Waals surface area contributed by atoms with Crippen LogP contribution in [0.15, 0.2) is 35.2 Å². The standard InChI is InChI=1S/C14H17N3OS/c1-17(2)7-6-16-14(18)11-3-5-15-13(9-11)12-4-8-19-10-12/h3-5,8-10H,6-7H2,1-2H3,(H,16,18). The van der Waals surface area contributed by atoms with Gasteiger partial charge in [0.2, 0.25) is 0 Å². The number of likely N-dealkylation sites (N-methyl/N-ethyl adjacent to an activating group) is 1. The SMILES string of the molecule is CN(C)CCNC(=O)c1ccnc(-c2ccsc2)c1. The first-order valence-corrected chi connectivity index (χ1v) is 7.02. The summed E-state index contributed by atoms with van der Waals surface area (Å²) in [5.41, 5.74) is 2.53. The van der Waals surface area contributed by atoms with E-state index in [0.29, 0.717) is 12.1 Å². The Balaban J connectivity index is 2.04. The van der Waals surface area contributed by atoms with Crippen LogP contribution in [0.5, 0.6) is 0 Å². The Labute approximate surface area is 117 Å². The van der Waals surface area contributed by atoms with Crippen molar-refractivity contribution < 1.29 is 4.79 Å². The predicted molar refractivity (Wildman–Crippen MR) is 78.4 cm³/mol. The van der Waals surface area contributed by atoms with Gasteiger partial charge in [-0.25, -0.2) is 0 Å². The van der Waals surface area contributed by atoms with Crippen LogP contribution in [0.3, 0.4) is 0 Å². The summed E-state index contributed by atoms with van der Waals surface area (Å²) >= 11 is 1.62. The van der Waals surface area contributed by atoms with Crippen molar-refractivity contribution in [3.05, 3.63) is 40.7 Å². The van der Waals surface area contributed by atoms with Gasteiger partial charge in [-0.15, -0.1) is 0 Å². The Kier molecular flexibility index (Phi) is 4.65. The number of carbonyl (C=O) groups excluding carboxylic acids is 1. The number of thiophene rings is 1. The van der Waals surface area contributed by atoms with Crippen LogP contribution in [0.25, 0.3) is 11.3 Å². The Bertz CT molecular complexity index is 537. The van der Waals surface area contributed by atoms with Gasteiger partial charge in [0.1, 0.15) is 0 Å². The third-order valence-corrected chi connectivity index (χ3v) is 3.37. The van der Waals surface area contributed by atoms with E-state index in [-0.39, 0.29) is 5.91 Å². The molecule has 2 aromatic heterocycles. The lowest BCUT2D eigenvalue weighted by Gasteiger charge is -2.10. The molecule has 19 heavy (non-hydrogen) atoms. The van der Waals surface area contributed by atoms with Crippen LogP contribution in [-0.4, -0.2) is 43.0 Å². The van der Waals surface area contributed by atoms with E-state index in [1.807, 2.05) is 41.9 Å². The number of hydrogen-bond acceptors (Lipinski definition) is 4. The van der Waals surface area contributed by atoms with Gasteiger partial charge in [-0.3, -0.25) is 9.78 Å². The molecule has 100 valence electrons. The van der Waals surface area contributed by atoms with Crippen LogP contribution in [0.2, 0.25) is 0 Å². The molecule has 1 amide bonds. The van der Waals surface area contributed by atoms with E-state index in [1.54, 1.807) is 23.6 Å². The Morgan fingerprint density at radius 1 is 1.42 bits per heavy atom. The zero-order valence-electron chi connectivity index (χ0n) is 11.1. The van der Waals surface area contributed by atoms with E-state index in [1.165, 1.54) is 0 Å². The number of nitrogens with one attached hydrogen (secondary N) is 1. The van der Waals surface area contributed by atoms with E-state index >= 15 is 0 Å². The van der Waals surface area contributed by atoms with Gasteiger partial charge in [-0.2, -0.15) is 11.3 Å². The molecule has 0 atom stereocenters. The molecule has 1 N–H and O–H groups in total. The molecule has 4 nitrogen and oxygen atoms in total. The summed E-state index contributed by atoms with van der Waals surface area (Å²) in [5, 5.41) is 6.92. The van der Waals surface area contributed by atoms with Gasteiger partial charge < -0.3 is 10.2 Å². The van der Waals surface area contributed by atoms with Crippen molar-refractivity contribution in [2.24, 2.45) is 0 Å². The van der Waals surface area contributed by atoms with Crippen molar-refractivity contribution in [1.29, 1.82) is 0 Å². The van der Waals surface area contributed by atoms with Crippen molar-refractivity contribution in [2.75, 3.05) is 27.2 Å². The highest BCUT2D eigenvalue weighted by Crippen LogP contribution is 2.20. The Morgan fingerprint density at radius 3 is 2.95 bits per heavy atom. The minimum absolute atomic E-state index is 0.0549. The van der Waals surface area contributed by atoms with Gasteiger partial charge >= 0.3 is 0 Å². The maximum Gasteiger partial charge on any atom is 0.251 e. The fraction of sp³-hybridized carbons (Fsp3) is 0.286. The fourth-order valence-corrected chi connectivity index (χ4v) is 2.28. The number of pyridine rings is 1. The molecule has 0 aliphatic heterocycles. The van der Waals surface area contributed by atoms with Gasteiger partial charge in [0, 0.05) is 35.8 Å². The number of aromatic nitrogens is 1. The average Bonchev–Trinajstić information content (AvgIpc) is 2.92. The number of hydrogen-bond donors (Lipinski definition) is 1. The first-order chi connectivity index (χ1) is 9.16. The van der Waals surface area contributed by atoms with Crippen molar-refractivity contribution in [1.82, 2.24) is 15.2 Å². The van der Waals surface area contributed by atoms with Gasteiger partial charge in [0.25, 0.3) is 5.91 Å². The molecule has 0 aromatic carbocycles. The van der Waals surface area contributed by atoms with Crippen molar-refractivity contribution >= 4 is 17.2 Å². The van der Waals surface area contributed by atoms with E-state index in [4.69, 9.17) is 0 Å². The van der Waals surface area contributed by atoms with Crippen LogP contribution in [0.4, 0.5) is 0 Å². The quantitative estimate of drug-likeness (QED) is 0.909. The van der Waals surface area contributed by atoms with Crippen LogP contribution < -0.4 is 5.32 Å². The molecular formula is C14H17N3OS. The zero-order valence-corrected chi connectivity index (χ0v) is 11.9. The molecule has 0 saturated carbocycles. The third-order valence-electron chi connectivity index (χ3n) is 2.68. The molecule has 2 heterocycles. The van der Waals surface area contributed by atoms with Crippen LogP contribution in [0.1, 0.15) is 10.4 Å². The number of amides is 1. The Morgan fingerprint density at radius 2 is 2.26 bits per heavy atom. The van der Waals surface area contributed by atoms with E-state index < -0.39 is 0 Å². The summed E-state index contributed by atoms with van der Waals surface area (Å²) in [5.74, 6) is -0.0549. The van der Waals surface area contributed by atoms with E-state index in [0.717, 1.165) is 17.8 Å². The summed E-state index contributed by atoms with van der Waals surface area (Å²) < 4.78 is 0. The second-order valence-electron chi connectivity index (χ2n) is 4.50. The highest BCUT2D eigenvalue weighted by atomic mass is 32.1. The van der Waals surface area contributed by atoms with Crippen molar-refractivity contribution in [3.8, 4) is 11.3 Å². The molecule has 0 fully saturated rings. The molecule has 2 rings (SSSR count).